The maximum atomic E-state index is 12.9. The second kappa shape index (κ2) is 9.04. The van der Waals surface area contributed by atoms with Crippen LogP contribution in [0.2, 0.25) is 5.15 Å². The number of aliphatic hydroxyl groups is 1. The molecule has 3 rings (SSSR count). The minimum atomic E-state index is -1.49. The van der Waals surface area contributed by atoms with E-state index >= 15 is 0 Å². The third-order valence-electron chi connectivity index (χ3n) is 5.53. The van der Waals surface area contributed by atoms with E-state index in [9.17, 15) is 14.7 Å². The first-order valence-electron chi connectivity index (χ1n) is 10.6. The van der Waals surface area contributed by atoms with Crippen LogP contribution in [0.5, 0.6) is 0 Å². The standard InChI is InChI=1S/C25H29ClN2O4/c1-6-25(31,14-22(30)32-24(3,4)5)17-11-12-28(21(29)13-17)15-19-16(2)18-9-7-8-10-20(18)27-23(19)26/h7-13,31H,6,14-15H2,1-5H3. The molecule has 0 saturated carbocycles. The number of benzene rings is 1. The highest BCUT2D eigenvalue weighted by molar-refractivity contribution is 6.30. The molecule has 1 aromatic carbocycles. The summed E-state index contributed by atoms with van der Waals surface area (Å²) >= 11 is 6.43. The fourth-order valence-corrected chi connectivity index (χ4v) is 4.00. The number of nitrogens with zero attached hydrogens (tertiary/aromatic N) is 2. The smallest absolute Gasteiger partial charge is 0.309 e. The molecule has 0 aliphatic rings. The van der Waals surface area contributed by atoms with E-state index in [0.717, 1.165) is 22.0 Å². The summed E-state index contributed by atoms with van der Waals surface area (Å²) in [7, 11) is 0. The van der Waals surface area contributed by atoms with Gasteiger partial charge in [-0.15, -0.1) is 0 Å². The van der Waals surface area contributed by atoms with Crippen LogP contribution in [-0.4, -0.2) is 26.2 Å². The van der Waals surface area contributed by atoms with E-state index in [0.29, 0.717) is 10.7 Å². The number of rotatable bonds is 6. The van der Waals surface area contributed by atoms with Gasteiger partial charge in [-0.05, 0) is 57.4 Å². The van der Waals surface area contributed by atoms with Crippen LogP contribution in [0.3, 0.4) is 0 Å². The minimum absolute atomic E-state index is 0.232. The third kappa shape index (κ3) is 5.19. The molecule has 1 atom stereocenters. The summed E-state index contributed by atoms with van der Waals surface area (Å²) in [6, 6.07) is 10.7. The number of aryl methyl sites for hydroxylation is 1. The van der Waals surface area contributed by atoms with Gasteiger partial charge >= 0.3 is 5.97 Å². The fourth-order valence-electron chi connectivity index (χ4n) is 3.71. The van der Waals surface area contributed by atoms with Gasteiger partial charge in [-0.2, -0.15) is 0 Å². The molecule has 2 aromatic heterocycles. The molecule has 2 heterocycles. The molecule has 0 saturated heterocycles. The van der Waals surface area contributed by atoms with E-state index in [-0.39, 0.29) is 24.9 Å². The van der Waals surface area contributed by atoms with Gasteiger partial charge in [0.05, 0.1) is 18.5 Å². The Balaban J connectivity index is 1.91. The van der Waals surface area contributed by atoms with Gasteiger partial charge in [-0.1, -0.05) is 36.7 Å². The molecule has 7 heteroatoms. The number of ether oxygens (including phenoxy) is 1. The summed E-state index contributed by atoms with van der Waals surface area (Å²) < 4.78 is 6.86. The Morgan fingerprint density at radius 1 is 1.22 bits per heavy atom. The second-order valence-corrected chi connectivity index (χ2v) is 9.41. The number of para-hydroxylation sites is 1. The van der Waals surface area contributed by atoms with Gasteiger partial charge in [0.15, 0.2) is 0 Å². The topological polar surface area (TPSA) is 81.4 Å². The van der Waals surface area contributed by atoms with Crippen LogP contribution in [0.1, 0.15) is 57.2 Å². The molecular formula is C25H29ClN2O4. The predicted molar refractivity (Wildman–Crippen MR) is 126 cm³/mol. The zero-order chi connectivity index (χ0) is 23.7. The van der Waals surface area contributed by atoms with Gasteiger partial charge in [0.2, 0.25) is 0 Å². The molecule has 0 aliphatic carbocycles. The van der Waals surface area contributed by atoms with E-state index in [1.165, 1.54) is 10.6 Å². The van der Waals surface area contributed by atoms with E-state index in [1.807, 2.05) is 31.2 Å². The number of carbonyl (C=O) groups excluding carboxylic acids is 1. The Kier molecular flexibility index (Phi) is 6.77. The van der Waals surface area contributed by atoms with Gasteiger partial charge in [-0.3, -0.25) is 9.59 Å². The normalized spacial score (nSPS) is 13.7. The summed E-state index contributed by atoms with van der Waals surface area (Å²) in [5.74, 6) is -0.518. The quantitative estimate of drug-likeness (QED) is 0.428. The zero-order valence-corrected chi connectivity index (χ0v) is 19.9. The van der Waals surface area contributed by atoms with Crippen molar-refractivity contribution in [2.24, 2.45) is 0 Å². The monoisotopic (exact) mass is 456 g/mol. The van der Waals surface area contributed by atoms with Crippen LogP contribution < -0.4 is 5.56 Å². The highest BCUT2D eigenvalue weighted by Crippen LogP contribution is 2.30. The molecular weight excluding hydrogens is 428 g/mol. The molecule has 170 valence electrons. The van der Waals surface area contributed by atoms with Crippen LogP contribution >= 0.6 is 11.6 Å². The Hall–Kier alpha value is -2.70. The molecule has 1 N–H and O–H groups in total. The molecule has 3 aromatic rings. The first-order valence-corrected chi connectivity index (χ1v) is 11.0. The van der Waals surface area contributed by atoms with Crippen molar-refractivity contribution >= 4 is 28.5 Å². The highest BCUT2D eigenvalue weighted by Gasteiger charge is 2.33. The second-order valence-electron chi connectivity index (χ2n) is 9.05. The molecule has 0 radical (unpaired) electrons. The Morgan fingerprint density at radius 2 is 1.91 bits per heavy atom. The number of hydrogen-bond donors (Lipinski definition) is 1. The molecule has 1 unspecified atom stereocenters. The highest BCUT2D eigenvalue weighted by atomic mass is 35.5. The molecule has 0 spiro atoms. The summed E-state index contributed by atoms with van der Waals surface area (Å²) in [6.45, 7) is 9.28. The minimum Gasteiger partial charge on any atom is -0.460 e. The van der Waals surface area contributed by atoms with Crippen molar-refractivity contribution in [2.75, 3.05) is 0 Å². The van der Waals surface area contributed by atoms with Crippen molar-refractivity contribution in [3.05, 3.63) is 74.8 Å². The lowest BCUT2D eigenvalue weighted by atomic mass is 9.88. The van der Waals surface area contributed by atoms with Crippen LogP contribution in [0.4, 0.5) is 0 Å². The van der Waals surface area contributed by atoms with Crippen LogP contribution in [0, 0.1) is 6.92 Å². The number of pyridine rings is 2. The lowest BCUT2D eigenvalue weighted by Crippen LogP contribution is -2.34. The lowest BCUT2D eigenvalue weighted by Gasteiger charge is -2.28. The van der Waals surface area contributed by atoms with E-state index in [2.05, 4.69) is 4.98 Å². The van der Waals surface area contributed by atoms with E-state index in [1.54, 1.807) is 40.0 Å². The average molecular weight is 457 g/mol. The number of fused-ring (bicyclic) bond motifs is 1. The third-order valence-corrected chi connectivity index (χ3v) is 5.84. The predicted octanol–water partition coefficient (Wildman–Crippen LogP) is 4.74. The Morgan fingerprint density at radius 3 is 2.53 bits per heavy atom. The SMILES string of the molecule is CCC(O)(CC(=O)OC(C)(C)C)c1ccn(Cc2c(Cl)nc3ccccc3c2C)c(=O)c1. The van der Waals surface area contributed by atoms with Gasteiger partial charge < -0.3 is 14.4 Å². The van der Waals surface area contributed by atoms with Crippen LogP contribution in [-0.2, 0) is 21.7 Å². The van der Waals surface area contributed by atoms with Crippen molar-refractivity contribution in [3.8, 4) is 0 Å². The van der Waals surface area contributed by atoms with Crippen molar-refractivity contribution < 1.29 is 14.6 Å². The van der Waals surface area contributed by atoms with Gasteiger partial charge in [0.25, 0.3) is 5.56 Å². The van der Waals surface area contributed by atoms with Crippen molar-refractivity contribution in [2.45, 2.75) is 65.2 Å². The maximum Gasteiger partial charge on any atom is 0.309 e. The number of esters is 1. The summed E-state index contributed by atoms with van der Waals surface area (Å²) in [5, 5.41) is 12.4. The fraction of sp³-hybridized carbons (Fsp3) is 0.400. The molecule has 0 bridgehead atoms. The van der Waals surface area contributed by atoms with Crippen molar-refractivity contribution in [1.29, 1.82) is 0 Å². The number of carbonyl (C=O) groups is 1. The van der Waals surface area contributed by atoms with Crippen LogP contribution in [0.25, 0.3) is 10.9 Å². The lowest BCUT2D eigenvalue weighted by molar-refractivity contribution is -0.161. The number of aromatic nitrogens is 2. The average Bonchev–Trinajstić information content (AvgIpc) is 2.70. The van der Waals surface area contributed by atoms with E-state index < -0.39 is 17.2 Å². The number of hydrogen-bond acceptors (Lipinski definition) is 5. The first kappa shape index (κ1) is 24.0. The van der Waals surface area contributed by atoms with Gasteiger partial charge in [-0.25, -0.2) is 4.98 Å². The van der Waals surface area contributed by atoms with Crippen molar-refractivity contribution in [1.82, 2.24) is 9.55 Å². The Bertz CT molecular complexity index is 1210. The maximum absolute atomic E-state index is 12.9. The van der Waals surface area contributed by atoms with E-state index in [4.69, 9.17) is 16.3 Å². The first-order chi connectivity index (χ1) is 14.9. The molecule has 0 aliphatic heterocycles. The summed E-state index contributed by atoms with van der Waals surface area (Å²) in [4.78, 5) is 29.6. The number of halogens is 1. The summed E-state index contributed by atoms with van der Waals surface area (Å²) in [6.07, 6.45) is 1.64. The molecule has 0 fully saturated rings. The molecule has 0 amide bonds. The largest absolute Gasteiger partial charge is 0.460 e. The Labute approximate surface area is 192 Å². The molecule has 6 nitrogen and oxygen atoms in total. The summed E-state index contributed by atoms with van der Waals surface area (Å²) in [5.41, 5.74) is 0.468. The molecule has 32 heavy (non-hydrogen) atoms. The zero-order valence-electron chi connectivity index (χ0n) is 19.1. The van der Waals surface area contributed by atoms with Crippen LogP contribution in [0.15, 0.2) is 47.4 Å². The van der Waals surface area contributed by atoms with Crippen molar-refractivity contribution in [3.63, 3.8) is 0 Å². The van der Waals surface area contributed by atoms with Gasteiger partial charge in [0.1, 0.15) is 16.4 Å². The van der Waals surface area contributed by atoms with Gasteiger partial charge in [0, 0.05) is 23.2 Å².